The maximum atomic E-state index is 13.0. The SMILES string of the molecule is CCS(=O)(=O)c1ccc(Cl)cc1N(C(=O)O)n1cnc2cc(C)c(Br)cc2c1=O. The largest absolute Gasteiger partial charge is 0.463 e. The number of amides is 1. The van der Waals surface area contributed by atoms with E-state index in [0.717, 1.165) is 16.6 Å². The van der Waals surface area contributed by atoms with Crippen molar-refractivity contribution in [2.45, 2.75) is 18.7 Å². The average molecular weight is 501 g/mol. The number of carbonyl (C=O) groups is 1. The highest BCUT2D eigenvalue weighted by molar-refractivity contribution is 9.10. The van der Waals surface area contributed by atoms with Crippen molar-refractivity contribution < 1.29 is 18.3 Å². The molecule has 0 atom stereocenters. The topological polar surface area (TPSA) is 110 Å². The third-order valence-electron chi connectivity index (χ3n) is 4.28. The Hall–Kier alpha value is -2.43. The van der Waals surface area contributed by atoms with E-state index >= 15 is 0 Å². The molecule has 0 aliphatic heterocycles. The van der Waals surface area contributed by atoms with Crippen LogP contribution in [0.25, 0.3) is 10.9 Å². The summed E-state index contributed by atoms with van der Waals surface area (Å²) in [5.74, 6) is -0.258. The minimum Gasteiger partial charge on any atom is -0.463 e. The molecule has 1 amide bonds. The molecule has 0 unspecified atom stereocenters. The lowest BCUT2D eigenvalue weighted by Gasteiger charge is -2.23. The van der Waals surface area contributed by atoms with Crippen molar-refractivity contribution in [3.05, 3.63) is 62.1 Å². The molecule has 0 fully saturated rings. The molecular formula is C18H15BrClN3O5S. The molecule has 0 aliphatic carbocycles. The summed E-state index contributed by atoms with van der Waals surface area (Å²) in [6.45, 7) is 3.26. The van der Waals surface area contributed by atoms with Gasteiger partial charge >= 0.3 is 6.09 Å². The predicted molar refractivity (Wildman–Crippen MR) is 114 cm³/mol. The van der Waals surface area contributed by atoms with Gasteiger partial charge in [-0.05, 0) is 42.8 Å². The molecule has 1 aromatic heterocycles. The van der Waals surface area contributed by atoms with Gasteiger partial charge in [-0.15, -0.1) is 0 Å². The first kappa shape index (κ1) is 21.3. The first-order chi connectivity index (χ1) is 13.6. The fraction of sp³-hybridized carbons (Fsp3) is 0.167. The maximum absolute atomic E-state index is 13.0. The predicted octanol–water partition coefficient (Wildman–Crippen LogP) is 3.86. The molecular weight excluding hydrogens is 486 g/mol. The van der Waals surface area contributed by atoms with Crippen molar-refractivity contribution in [2.24, 2.45) is 0 Å². The Morgan fingerprint density at radius 1 is 1.31 bits per heavy atom. The van der Waals surface area contributed by atoms with Crippen molar-refractivity contribution in [1.29, 1.82) is 0 Å². The summed E-state index contributed by atoms with van der Waals surface area (Å²) in [6.07, 6.45) is -0.538. The van der Waals surface area contributed by atoms with Crippen LogP contribution in [0.2, 0.25) is 5.02 Å². The van der Waals surface area contributed by atoms with E-state index < -0.39 is 21.5 Å². The minimum atomic E-state index is -3.81. The zero-order chi connectivity index (χ0) is 21.5. The van der Waals surface area contributed by atoms with E-state index in [9.17, 15) is 23.1 Å². The Morgan fingerprint density at radius 2 is 2.00 bits per heavy atom. The number of carboxylic acid groups (broad SMARTS) is 1. The van der Waals surface area contributed by atoms with E-state index in [1.54, 1.807) is 6.07 Å². The van der Waals surface area contributed by atoms with Crippen LogP contribution in [0.1, 0.15) is 12.5 Å². The number of sulfone groups is 1. The molecule has 152 valence electrons. The van der Waals surface area contributed by atoms with Crippen LogP contribution < -0.4 is 10.6 Å². The molecule has 8 nitrogen and oxygen atoms in total. The Morgan fingerprint density at radius 3 is 2.62 bits per heavy atom. The van der Waals surface area contributed by atoms with Gasteiger partial charge < -0.3 is 5.11 Å². The van der Waals surface area contributed by atoms with Gasteiger partial charge in [0.2, 0.25) is 0 Å². The lowest BCUT2D eigenvalue weighted by molar-refractivity contribution is 0.198. The Kier molecular flexibility index (Phi) is 5.70. The standard InChI is InChI=1S/C18H15BrClN3O5S/c1-3-29(27,28)16-5-4-11(20)7-15(16)23(18(25)26)22-9-21-14-6-10(2)13(19)8-12(14)17(22)24/h4-9H,3H2,1-2H3,(H,25,26). The van der Waals surface area contributed by atoms with Crippen LogP contribution in [0.4, 0.5) is 10.5 Å². The highest BCUT2D eigenvalue weighted by Gasteiger charge is 2.27. The van der Waals surface area contributed by atoms with Crippen LogP contribution in [0.15, 0.2) is 50.8 Å². The second-order valence-corrected chi connectivity index (χ2v) is 9.66. The van der Waals surface area contributed by atoms with Gasteiger partial charge in [0.05, 0.1) is 27.2 Å². The molecule has 0 radical (unpaired) electrons. The molecule has 2 aromatic carbocycles. The van der Waals surface area contributed by atoms with Crippen LogP contribution in [0.3, 0.4) is 0 Å². The summed E-state index contributed by atoms with van der Waals surface area (Å²) in [5.41, 5.74) is 0.285. The quantitative estimate of drug-likeness (QED) is 0.582. The summed E-state index contributed by atoms with van der Waals surface area (Å²) < 4.78 is 26.4. The summed E-state index contributed by atoms with van der Waals surface area (Å²) in [7, 11) is -3.81. The molecule has 1 heterocycles. The zero-order valence-electron chi connectivity index (χ0n) is 15.3. The number of hydrogen-bond acceptors (Lipinski definition) is 5. The van der Waals surface area contributed by atoms with Gasteiger partial charge in [-0.3, -0.25) is 4.79 Å². The Labute approximate surface area is 179 Å². The molecule has 3 aromatic rings. The summed E-state index contributed by atoms with van der Waals surface area (Å²) >= 11 is 9.34. The third kappa shape index (κ3) is 3.87. The van der Waals surface area contributed by atoms with Crippen LogP contribution in [-0.4, -0.2) is 35.0 Å². The number of benzene rings is 2. The molecule has 29 heavy (non-hydrogen) atoms. The number of fused-ring (bicyclic) bond motifs is 1. The molecule has 0 aliphatic rings. The van der Waals surface area contributed by atoms with Crippen molar-refractivity contribution in [2.75, 3.05) is 10.8 Å². The van der Waals surface area contributed by atoms with E-state index in [0.29, 0.717) is 15.0 Å². The highest BCUT2D eigenvalue weighted by atomic mass is 79.9. The van der Waals surface area contributed by atoms with Crippen molar-refractivity contribution >= 4 is 60.1 Å². The number of rotatable bonds is 4. The van der Waals surface area contributed by atoms with E-state index in [1.165, 1.54) is 31.2 Å². The fourth-order valence-electron chi connectivity index (χ4n) is 2.77. The van der Waals surface area contributed by atoms with Gasteiger partial charge in [0, 0.05) is 9.50 Å². The van der Waals surface area contributed by atoms with Gasteiger partial charge in [0.15, 0.2) is 9.84 Å². The number of aromatic nitrogens is 2. The average Bonchev–Trinajstić information content (AvgIpc) is 2.65. The van der Waals surface area contributed by atoms with Crippen molar-refractivity contribution in [1.82, 2.24) is 9.66 Å². The van der Waals surface area contributed by atoms with Crippen LogP contribution in [0.5, 0.6) is 0 Å². The number of anilines is 1. The fourth-order valence-corrected chi connectivity index (χ4v) is 4.33. The third-order valence-corrected chi connectivity index (χ3v) is 7.15. The molecule has 0 saturated heterocycles. The normalized spacial score (nSPS) is 11.6. The summed E-state index contributed by atoms with van der Waals surface area (Å²) in [5, 5.41) is 10.6. The van der Waals surface area contributed by atoms with E-state index in [-0.39, 0.29) is 26.7 Å². The first-order valence-corrected chi connectivity index (χ1v) is 11.1. The van der Waals surface area contributed by atoms with E-state index in [4.69, 9.17) is 11.6 Å². The molecule has 0 bridgehead atoms. The molecule has 11 heteroatoms. The van der Waals surface area contributed by atoms with Gasteiger partial charge in [-0.25, -0.2) is 18.2 Å². The summed E-state index contributed by atoms with van der Waals surface area (Å²) in [6, 6.07) is 6.96. The Balaban J connectivity index is 2.36. The number of nitrogens with zero attached hydrogens (tertiary/aromatic N) is 3. The van der Waals surface area contributed by atoms with E-state index in [2.05, 4.69) is 20.9 Å². The van der Waals surface area contributed by atoms with Gasteiger partial charge in [0.1, 0.15) is 6.33 Å². The molecule has 3 rings (SSSR count). The molecule has 0 spiro atoms. The number of hydrogen-bond donors (Lipinski definition) is 1. The number of aryl methyl sites for hydroxylation is 1. The molecule has 0 saturated carbocycles. The minimum absolute atomic E-state index is 0.112. The number of halogens is 2. The van der Waals surface area contributed by atoms with Gasteiger partial charge in [-0.1, -0.05) is 34.5 Å². The highest BCUT2D eigenvalue weighted by Crippen LogP contribution is 2.30. The lowest BCUT2D eigenvalue weighted by atomic mass is 10.2. The zero-order valence-corrected chi connectivity index (χ0v) is 18.4. The van der Waals surface area contributed by atoms with Crippen molar-refractivity contribution in [3.63, 3.8) is 0 Å². The van der Waals surface area contributed by atoms with Crippen LogP contribution in [-0.2, 0) is 9.84 Å². The smallest absolute Gasteiger partial charge is 0.431 e. The monoisotopic (exact) mass is 499 g/mol. The summed E-state index contributed by atoms with van der Waals surface area (Å²) in [4.78, 5) is 29.0. The van der Waals surface area contributed by atoms with E-state index in [1.807, 2.05) is 6.92 Å². The Bertz CT molecular complexity index is 1310. The maximum Gasteiger partial charge on any atom is 0.431 e. The van der Waals surface area contributed by atoms with Crippen LogP contribution >= 0.6 is 27.5 Å². The van der Waals surface area contributed by atoms with Gasteiger partial charge in [-0.2, -0.15) is 9.69 Å². The van der Waals surface area contributed by atoms with Crippen LogP contribution in [0, 0.1) is 6.92 Å². The van der Waals surface area contributed by atoms with Crippen molar-refractivity contribution in [3.8, 4) is 0 Å². The second-order valence-electron chi connectivity index (χ2n) is 6.12. The lowest BCUT2D eigenvalue weighted by Crippen LogP contribution is -2.43. The molecule has 1 N–H and O–H groups in total. The first-order valence-electron chi connectivity index (χ1n) is 8.30. The second kappa shape index (κ2) is 7.77. The van der Waals surface area contributed by atoms with Gasteiger partial charge in [0.25, 0.3) is 5.56 Å².